The van der Waals surface area contributed by atoms with Gasteiger partial charge in [-0.25, -0.2) is 0 Å². The number of aromatic nitrogens is 4. The van der Waals surface area contributed by atoms with Gasteiger partial charge in [0.15, 0.2) is 0 Å². The third kappa shape index (κ3) is 4.02. The smallest absolute Gasteiger partial charge is 0.0978 e. The van der Waals surface area contributed by atoms with E-state index in [0.29, 0.717) is 0 Å². The Bertz CT molecular complexity index is 3890. The highest BCUT2D eigenvalue weighted by Gasteiger charge is 2.19. The number of hydrogen-bond acceptors (Lipinski definition) is 4. The SMILES string of the molecule is c1ccc2cc3c(cc2c1)c1nccnc1c1c2cc(-c4ccc5cc6c(cc5c4)c4ccc5ccccc5c4c4nccnc64)ccc2c2ccccc2c31. The largest absolute Gasteiger partial charge is 0.252 e. The Balaban J connectivity index is 1.11. The topological polar surface area (TPSA) is 51.6 Å². The van der Waals surface area contributed by atoms with Gasteiger partial charge in [-0.2, -0.15) is 0 Å². The summed E-state index contributed by atoms with van der Waals surface area (Å²) in [5, 5.41) is 21.4. The van der Waals surface area contributed by atoms with E-state index in [-0.39, 0.29) is 0 Å². The second kappa shape index (κ2) is 11.0. The van der Waals surface area contributed by atoms with Crippen LogP contribution in [0.2, 0.25) is 0 Å². The number of benzene rings is 11. The Kier molecular flexibility index (Phi) is 5.86. The maximum atomic E-state index is 5.06. The fourth-order valence-corrected chi connectivity index (χ4v) is 9.62. The molecule has 0 atom stereocenters. The minimum atomic E-state index is 0.928. The monoisotopic (exact) mass is 708 g/mol. The molecule has 2 heterocycles. The molecule has 0 radical (unpaired) electrons. The lowest BCUT2D eigenvalue weighted by molar-refractivity contribution is 1.31. The van der Waals surface area contributed by atoms with Crippen molar-refractivity contribution in [3.8, 4) is 11.1 Å². The lowest BCUT2D eigenvalue weighted by atomic mass is 9.87. The first-order valence-electron chi connectivity index (χ1n) is 19.0. The Morgan fingerprint density at radius 3 is 1.46 bits per heavy atom. The molecule has 0 aliphatic rings. The molecule has 0 aliphatic carbocycles. The molecule has 4 nitrogen and oxygen atoms in total. The molecule has 0 spiro atoms. The van der Waals surface area contributed by atoms with E-state index in [0.717, 1.165) is 54.7 Å². The van der Waals surface area contributed by atoms with Gasteiger partial charge in [0, 0.05) is 51.7 Å². The summed E-state index contributed by atoms with van der Waals surface area (Å²) in [6, 6.07) is 53.5. The van der Waals surface area contributed by atoms with Crippen LogP contribution in [0.25, 0.3) is 130 Å². The molecule has 13 rings (SSSR count). The average molecular weight is 709 g/mol. The molecule has 0 N–H and O–H groups in total. The van der Waals surface area contributed by atoms with Gasteiger partial charge in [-0.05, 0) is 118 Å². The van der Waals surface area contributed by atoms with Crippen LogP contribution in [-0.2, 0) is 0 Å². The van der Waals surface area contributed by atoms with E-state index in [4.69, 9.17) is 19.9 Å². The van der Waals surface area contributed by atoms with Crippen LogP contribution in [-0.4, -0.2) is 19.9 Å². The molecule has 4 heteroatoms. The quantitative estimate of drug-likeness (QED) is 0.126. The minimum Gasteiger partial charge on any atom is -0.252 e. The van der Waals surface area contributed by atoms with Crippen LogP contribution < -0.4 is 0 Å². The van der Waals surface area contributed by atoms with Crippen molar-refractivity contribution in [1.29, 1.82) is 0 Å². The van der Waals surface area contributed by atoms with Gasteiger partial charge in [0.2, 0.25) is 0 Å². The van der Waals surface area contributed by atoms with E-state index in [2.05, 4.69) is 146 Å². The first kappa shape index (κ1) is 29.8. The molecule has 13 aromatic rings. The number of fused-ring (bicyclic) bond motifs is 21. The Labute approximate surface area is 319 Å². The predicted octanol–water partition coefficient (Wildman–Crippen LogP) is 13.6. The zero-order chi connectivity index (χ0) is 36.5. The molecule has 2 aromatic heterocycles. The molecule has 0 unspecified atom stereocenters. The lowest BCUT2D eigenvalue weighted by Gasteiger charge is -2.17. The highest BCUT2D eigenvalue weighted by atomic mass is 14.8. The van der Waals surface area contributed by atoms with Crippen molar-refractivity contribution in [2.75, 3.05) is 0 Å². The van der Waals surface area contributed by atoms with E-state index in [1.165, 1.54) is 75.4 Å². The maximum absolute atomic E-state index is 5.06. The fraction of sp³-hybridized carbons (Fsp3) is 0. The van der Waals surface area contributed by atoms with E-state index in [1.54, 1.807) is 12.4 Å². The molecule has 0 fully saturated rings. The van der Waals surface area contributed by atoms with Gasteiger partial charge in [0.05, 0.1) is 22.1 Å². The summed E-state index contributed by atoms with van der Waals surface area (Å²) in [5.41, 5.74) is 6.05. The van der Waals surface area contributed by atoms with Crippen molar-refractivity contribution in [3.63, 3.8) is 0 Å². The van der Waals surface area contributed by atoms with Crippen molar-refractivity contribution in [2.45, 2.75) is 0 Å². The zero-order valence-corrected chi connectivity index (χ0v) is 30.0. The van der Waals surface area contributed by atoms with Gasteiger partial charge in [-0.1, -0.05) is 109 Å². The second-order valence-electron chi connectivity index (χ2n) is 15.0. The summed E-state index contributed by atoms with van der Waals surface area (Å²) in [5.74, 6) is 0. The summed E-state index contributed by atoms with van der Waals surface area (Å²) in [4.78, 5) is 19.8. The minimum absolute atomic E-state index is 0.928. The zero-order valence-electron chi connectivity index (χ0n) is 30.0. The first-order valence-corrected chi connectivity index (χ1v) is 19.0. The normalized spacial score (nSPS) is 12.3. The molecule has 256 valence electrons. The summed E-state index contributed by atoms with van der Waals surface area (Å²) >= 11 is 0. The number of nitrogens with zero attached hydrogens (tertiary/aromatic N) is 4. The summed E-state index contributed by atoms with van der Waals surface area (Å²) in [6.45, 7) is 0. The summed E-state index contributed by atoms with van der Waals surface area (Å²) in [6.07, 6.45) is 7.25. The van der Waals surface area contributed by atoms with Crippen LogP contribution in [0.3, 0.4) is 0 Å². The fourth-order valence-electron chi connectivity index (χ4n) is 9.62. The maximum Gasteiger partial charge on any atom is 0.0978 e. The van der Waals surface area contributed by atoms with Crippen LogP contribution in [0.5, 0.6) is 0 Å². The van der Waals surface area contributed by atoms with Crippen molar-refractivity contribution in [1.82, 2.24) is 19.9 Å². The molecular weight excluding hydrogens is 681 g/mol. The van der Waals surface area contributed by atoms with E-state index >= 15 is 0 Å². The molecular formula is C52H28N4. The van der Waals surface area contributed by atoms with Crippen molar-refractivity contribution >= 4 is 119 Å². The molecule has 56 heavy (non-hydrogen) atoms. The predicted molar refractivity (Wildman–Crippen MR) is 236 cm³/mol. The highest BCUT2D eigenvalue weighted by molar-refractivity contribution is 6.39. The van der Waals surface area contributed by atoms with Crippen LogP contribution in [0.1, 0.15) is 0 Å². The second-order valence-corrected chi connectivity index (χ2v) is 15.0. The first-order chi connectivity index (χ1) is 27.8. The van der Waals surface area contributed by atoms with Crippen molar-refractivity contribution < 1.29 is 0 Å². The summed E-state index contributed by atoms with van der Waals surface area (Å²) < 4.78 is 0. The Morgan fingerprint density at radius 1 is 0.232 bits per heavy atom. The van der Waals surface area contributed by atoms with E-state index in [1.807, 2.05) is 12.4 Å². The molecule has 0 saturated heterocycles. The van der Waals surface area contributed by atoms with Crippen LogP contribution >= 0.6 is 0 Å². The van der Waals surface area contributed by atoms with E-state index in [9.17, 15) is 0 Å². The van der Waals surface area contributed by atoms with Gasteiger partial charge in [-0.3, -0.25) is 19.9 Å². The molecule has 0 saturated carbocycles. The highest BCUT2D eigenvalue weighted by Crippen LogP contribution is 2.45. The van der Waals surface area contributed by atoms with Gasteiger partial charge < -0.3 is 0 Å². The third-order valence-electron chi connectivity index (χ3n) is 12.1. The van der Waals surface area contributed by atoms with Crippen molar-refractivity contribution in [2.24, 2.45) is 0 Å². The molecule has 0 amide bonds. The molecule has 0 aliphatic heterocycles. The number of hydrogen-bond donors (Lipinski definition) is 0. The standard InChI is InChI=1S/C52H28N4/c1-2-9-31-26-45-43(24-30(31)8-1)46-39-12-6-5-11-37(39)38-17-16-33(25-42(38)48(46)52-50(45)54-20-22-56-52)32-13-14-34-27-44-41(28-35(34)23-32)40-18-15-29-7-3-4-10-36(29)47(40)51-49(44)53-19-21-55-51/h1-28H. The third-order valence-corrected chi connectivity index (χ3v) is 12.1. The summed E-state index contributed by atoms with van der Waals surface area (Å²) in [7, 11) is 0. The average Bonchev–Trinajstić information content (AvgIpc) is 3.27. The van der Waals surface area contributed by atoms with Gasteiger partial charge in [0.1, 0.15) is 0 Å². The van der Waals surface area contributed by atoms with E-state index < -0.39 is 0 Å². The Morgan fingerprint density at radius 2 is 0.696 bits per heavy atom. The van der Waals surface area contributed by atoms with Crippen LogP contribution in [0.15, 0.2) is 170 Å². The van der Waals surface area contributed by atoms with Gasteiger partial charge in [-0.15, -0.1) is 0 Å². The Hall–Kier alpha value is -7.56. The van der Waals surface area contributed by atoms with Gasteiger partial charge >= 0.3 is 0 Å². The number of rotatable bonds is 1. The van der Waals surface area contributed by atoms with Crippen LogP contribution in [0.4, 0.5) is 0 Å². The molecule has 0 bridgehead atoms. The van der Waals surface area contributed by atoms with Gasteiger partial charge in [0.25, 0.3) is 0 Å². The lowest BCUT2D eigenvalue weighted by Crippen LogP contribution is -1.92. The van der Waals surface area contributed by atoms with Crippen LogP contribution in [0, 0.1) is 0 Å². The van der Waals surface area contributed by atoms with Crippen molar-refractivity contribution in [3.05, 3.63) is 170 Å². The molecule has 11 aromatic carbocycles.